The van der Waals surface area contributed by atoms with Crippen molar-refractivity contribution in [1.29, 1.82) is 0 Å². The van der Waals surface area contributed by atoms with E-state index in [0.717, 1.165) is 16.7 Å². The number of pyridine rings is 1. The number of hydrogen-bond donors (Lipinski definition) is 2. The van der Waals surface area contributed by atoms with Gasteiger partial charge in [-0.3, -0.25) is 0 Å². The van der Waals surface area contributed by atoms with Crippen LogP contribution in [0.3, 0.4) is 0 Å². The molecule has 1 aliphatic rings. The summed E-state index contributed by atoms with van der Waals surface area (Å²) in [6, 6.07) is 9.61. The number of furan rings is 1. The number of aliphatic imine (C=N–C) groups is 1. The standard InChI is InChI=1S/C19H14FN3O2/c1-11-7-13(20)4-5-15(11)23-18-9-16(24)17(25-18)8-12-10-22-19-14(12)3-2-6-21-19/h2-10,23-24H,1H3. The third-order valence-corrected chi connectivity index (χ3v) is 3.90. The van der Waals surface area contributed by atoms with Gasteiger partial charge in [0.2, 0.25) is 5.88 Å². The zero-order valence-corrected chi connectivity index (χ0v) is 13.3. The van der Waals surface area contributed by atoms with E-state index in [9.17, 15) is 9.50 Å². The highest BCUT2D eigenvalue weighted by Crippen LogP contribution is 2.35. The summed E-state index contributed by atoms with van der Waals surface area (Å²) in [5.41, 5.74) is 3.12. The van der Waals surface area contributed by atoms with E-state index in [0.29, 0.717) is 23.1 Å². The van der Waals surface area contributed by atoms with Crippen LogP contribution in [0, 0.1) is 12.7 Å². The number of aromatic nitrogens is 1. The van der Waals surface area contributed by atoms with E-state index in [4.69, 9.17) is 4.42 Å². The van der Waals surface area contributed by atoms with Gasteiger partial charge in [-0.25, -0.2) is 14.4 Å². The van der Waals surface area contributed by atoms with Crippen LogP contribution in [0.25, 0.3) is 11.6 Å². The molecule has 4 rings (SSSR count). The number of fused-ring (bicyclic) bond motifs is 1. The summed E-state index contributed by atoms with van der Waals surface area (Å²) in [4.78, 5) is 8.40. The molecule has 2 aromatic heterocycles. The normalized spacial score (nSPS) is 14.1. The number of aromatic hydroxyl groups is 1. The topological polar surface area (TPSA) is 70.7 Å². The van der Waals surface area contributed by atoms with Crippen molar-refractivity contribution in [2.45, 2.75) is 6.92 Å². The van der Waals surface area contributed by atoms with Gasteiger partial charge in [-0.05, 0) is 48.9 Å². The number of hydrogen-bond acceptors (Lipinski definition) is 5. The number of nitrogens with zero attached hydrogens (tertiary/aromatic N) is 2. The highest BCUT2D eigenvalue weighted by molar-refractivity contribution is 6.20. The summed E-state index contributed by atoms with van der Waals surface area (Å²) >= 11 is 0. The van der Waals surface area contributed by atoms with Gasteiger partial charge in [0.25, 0.3) is 0 Å². The number of allylic oxidation sites excluding steroid dienone is 1. The molecular weight excluding hydrogens is 321 g/mol. The predicted molar refractivity (Wildman–Crippen MR) is 95.1 cm³/mol. The monoisotopic (exact) mass is 335 g/mol. The number of benzene rings is 1. The van der Waals surface area contributed by atoms with E-state index < -0.39 is 0 Å². The Balaban J connectivity index is 1.63. The molecule has 0 amide bonds. The molecule has 6 heteroatoms. The van der Waals surface area contributed by atoms with Crippen molar-refractivity contribution < 1.29 is 13.9 Å². The predicted octanol–water partition coefficient (Wildman–Crippen LogP) is 4.83. The van der Waals surface area contributed by atoms with E-state index in [1.54, 1.807) is 31.5 Å². The molecule has 3 aromatic rings. The molecule has 0 saturated heterocycles. The molecule has 0 spiro atoms. The number of aryl methyl sites for hydroxylation is 1. The van der Waals surface area contributed by atoms with Gasteiger partial charge in [-0.2, -0.15) is 0 Å². The second kappa shape index (κ2) is 5.90. The second-order valence-electron chi connectivity index (χ2n) is 5.68. The Labute approximate surface area is 143 Å². The molecule has 2 N–H and O–H groups in total. The molecule has 5 nitrogen and oxygen atoms in total. The minimum Gasteiger partial charge on any atom is -0.504 e. The lowest BCUT2D eigenvalue weighted by Crippen LogP contribution is -1.92. The Morgan fingerprint density at radius 3 is 2.96 bits per heavy atom. The Kier molecular flexibility index (Phi) is 3.57. The quantitative estimate of drug-likeness (QED) is 0.719. The smallest absolute Gasteiger partial charge is 0.201 e. The summed E-state index contributed by atoms with van der Waals surface area (Å²) < 4.78 is 18.9. The van der Waals surface area contributed by atoms with E-state index >= 15 is 0 Å². The van der Waals surface area contributed by atoms with Gasteiger partial charge >= 0.3 is 0 Å². The molecule has 1 aliphatic heterocycles. The van der Waals surface area contributed by atoms with Crippen molar-refractivity contribution in [2.75, 3.05) is 5.32 Å². The maximum atomic E-state index is 13.2. The molecule has 124 valence electrons. The van der Waals surface area contributed by atoms with E-state index in [1.807, 2.05) is 12.1 Å². The van der Waals surface area contributed by atoms with Gasteiger partial charge < -0.3 is 14.8 Å². The first-order chi connectivity index (χ1) is 12.1. The molecule has 0 aliphatic carbocycles. The number of rotatable bonds is 3. The van der Waals surface area contributed by atoms with Gasteiger partial charge in [0.1, 0.15) is 5.82 Å². The van der Waals surface area contributed by atoms with Crippen molar-refractivity contribution >= 4 is 35.3 Å². The highest BCUT2D eigenvalue weighted by atomic mass is 19.1. The summed E-state index contributed by atoms with van der Waals surface area (Å²) in [7, 11) is 0. The summed E-state index contributed by atoms with van der Waals surface area (Å²) in [5.74, 6) is 1.00. The van der Waals surface area contributed by atoms with Crippen molar-refractivity contribution in [3.63, 3.8) is 0 Å². The lowest BCUT2D eigenvalue weighted by Gasteiger charge is -2.06. The van der Waals surface area contributed by atoms with Crippen molar-refractivity contribution in [2.24, 2.45) is 4.99 Å². The average molecular weight is 335 g/mol. The minimum absolute atomic E-state index is 0.000468. The SMILES string of the molecule is Cc1cc(F)ccc1Nc1cc(O)c(C=C2C=Nc3ncccc32)o1. The molecule has 0 fully saturated rings. The molecular formula is C19H14FN3O2. The van der Waals surface area contributed by atoms with Crippen LogP contribution < -0.4 is 5.32 Å². The Bertz CT molecular complexity index is 1020. The van der Waals surface area contributed by atoms with Gasteiger partial charge in [0.15, 0.2) is 17.3 Å². The van der Waals surface area contributed by atoms with Gasteiger partial charge in [-0.1, -0.05) is 0 Å². The van der Waals surface area contributed by atoms with Crippen LogP contribution >= 0.6 is 0 Å². The Morgan fingerprint density at radius 2 is 2.12 bits per heavy atom. The third kappa shape index (κ3) is 2.89. The number of nitrogens with one attached hydrogen (secondary N) is 1. The summed E-state index contributed by atoms with van der Waals surface area (Å²) in [5, 5.41) is 13.2. The maximum absolute atomic E-state index is 13.2. The molecule has 1 aromatic carbocycles. The summed E-state index contributed by atoms with van der Waals surface area (Å²) in [6.07, 6.45) is 5.06. The van der Waals surface area contributed by atoms with Crippen LogP contribution in [0.4, 0.5) is 21.8 Å². The van der Waals surface area contributed by atoms with Crippen LogP contribution in [0.1, 0.15) is 16.9 Å². The maximum Gasteiger partial charge on any atom is 0.201 e. The second-order valence-corrected chi connectivity index (χ2v) is 5.68. The van der Waals surface area contributed by atoms with Crippen molar-refractivity contribution in [1.82, 2.24) is 4.98 Å². The van der Waals surface area contributed by atoms with Crippen LogP contribution in [0.2, 0.25) is 0 Å². The van der Waals surface area contributed by atoms with E-state index in [-0.39, 0.29) is 11.6 Å². The largest absolute Gasteiger partial charge is 0.504 e. The molecule has 3 heterocycles. The van der Waals surface area contributed by atoms with Crippen molar-refractivity contribution in [3.8, 4) is 5.75 Å². The summed E-state index contributed by atoms with van der Waals surface area (Å²) in [6.45, 7) is 1.79. The Morgan fingerprint density at radius 1 is 1.24 bits per heavy atom. The fourth-order valence-corrected chi connectivity index (χ4v) is 2.64. The zero-order valence-electron chi connectivity index (χ0n) is 13.3. The van der Waals surface area contributed by atoms with E-state index in [2.05, 4.69) is 15.3 Å². The van der Waals surface area contributed by atoms with Gasteiger partial charge in [0, 0.05) is 35.3 Å². The van der Waals surface area contributed by atoms with Gasteiger partial charge in [0.05, 0.1) is 0 Å². The lowest BCUT2D eigenvalue weighted by molar-refractivity contribution is 0.456. The average Bonchev–Trinajstić information content (AvgIpc) is 3.15. The lowest BCUT2D eigenvalue weighted by atomic mass is 10.1. The first kappa shape index (κ1) is 15.1. The number of halogens is 1. The number of anilines is 2. The van der Waals surface area contributed by atoms with Crippen LogP contribution in [-0.2, 0) is 0 Å². The zero-order chi connectivity index (χ0) is 17.4. The molecule has 0 radical (unpaired) electrons. The van der Waals surface area contributed by atoms with Gasteiger partial charge in [-0.15, -0.1) is 0 Å². The molecule has 0 unspecified atom stereocenters. The van der Waals surface area contributed by atoms with Crippen LogP contribution in [0.15, 0.2) is 52.0 Å². The van der Waals surface area contributed by atoms with Crippen molar-refractivity contribution in [3.05, 3.63) is 65.3 Å². The molecule has 0 atom stereocenters. The highest BCUT2D eigenvalue weighted by Gasteiger charge is 2.16. The molecule has 25 heavy (non-hydrogen) atoms. The third-order valence-electron chi connectivity index (χ3n) is 3.90. The fraction of sp³-hybridized carbons (Fsp3) is 0.0526. The first-order valence-corrected chi connectivity index (χ1v) is 7.67. The Hall–Kier alpha value is -3.41. The van der Waals surface area contributed by atoms with Crippen LogP contribution in [0.5, 0.6) is 5.75 Å². The van der Waals surface area contributed by atoms with Crippen LogP contribution in [-0.4, -0.2) is 16.3 Å². The minimum atomic E-state index is -0.302. The molecule has 0 saturated carbocycles. The molecule has 0 bridgehead atoms. The fourth-order valence-electron chi connectivity index (χ4n) is 2.64. The van der Waals surface area contributed by atoms with E-state index in [1.165, 1.54) is 18.2 Å². The first-order valence-electron chi connectivity index (χ1n) is 7.67.